The molecule has 122 valence electrons. The summed E-state index contributed by atoms with van der Waals surface area (Å²) in [7, 11) is 0. The third-order valence-corrected chi connectivity index (χ3v) is 5.50. The Morgan fingerprint density at radius 2 is 2.30 bits per heavy atom. The van der Waals surface area contributed by atoms with Gasteiger partial charge in [-0.1, -0.05) is 40.1 Å². The lowest BCUT2D eigenvalue weighted by molar-refractivity contribution is -0.106. The number of amidine groups is 1. The SMILES string of the molecule is CCO/N=C(\c1cc(Cl)ccc1Cl)N1CCC2SC(=O)C=C2C1. The summed E-state index contributed by atoms with van der Waals surface area (Å²) in [6.07, 6.45) is 2.63. The maximum Gasteiger partial charge on any atom is 0.212 e. The normalized spacial score (nSPS) is 21.3. The third-order valence-electron chi connectivity index (χ3n) is 3.76. The highest BCUT2D eigenvalue weighted by atomic mass is 35.5. The van der Waals surface area contributed by atoms with Gasteiger partial charge in [-0.15, -0.1) is 0 Å². The number of carbonyl (C=O) groups is 1. The van der Waals surface area contributed by atoms with Gasteiger partial charge < -0.3 is 9.74 Å². The van der Waals surface area contributed by atoms with Crippen LogP contribution in [0.5, 0.6) is 0 Å². The highest BCUT2D eigenvalue weighted by Gasteiger charge is 2.33. The first kappa shape index (κ1) is 16.7. The van der Waals surface area contributed by atoms with E-state index in [0.717, 1.165) is 24.1 Å². The summed E-state index contributed by atoms with van der Waals surface area (Å²) in [5, 5.41) is 5.84. The molecule has 0 spiro atoms. The molecule has 2 aliphatic rings. The molecule has 0 aliphatic carbocycles. The van der Waals surface area contributed by atoms with Crippen molar-refractivity contribution in [3.05, 3.63) is 45.5 Å². The van der Waals surface area contributed by atoms with Crippen LogP contribution in [0.15, 0.2) is 35.0 Å². The van der Waals surface area contributed by atoms with Crippen molar-refractivity contribution in [1.29, 1.82) is 0 Å². The molecule has 2 heterocycles. The molecule has 1 aromatic carbocycles. The fourth-order valence-electron chi connectivity index (χ4n) is 2.71. The number of hydrogen-bond donors (Lipinski definition) is 0. The minimum atomic E-state index is 0.135. The van der Waals surface area contributed by atoms with E-state index in [-0.39, 0.29) is 5.12 Å². The highest BCUT2D eigenvalue weighted by molar-refractivity contribution is 8.15. The molecule has 1 fully saturated rings. The smallest absolute Gasteiger partial charge is 0.212 e. The molecule has 1 unspecified atom stereocenters. The van der Waals surface area contributed by atoms with Crippen LogP contribution < -0.4 is 0 Å². The topological polar surface area (TPSA) is 41.9 Å². The average Bonchev–Trinajstić information content (AvgIpc) is 2.90. The van der Waals surface area contributed by atoms with Crippen LogP contribution in [0.1, 0.15) is 18.9 Å². The second kappa shape index (κ2) is 7.16. The second-order valence-corrected chi connectivity index (χ2v) is 7.36. The van der Waals surface area contributed by atoms with Crippen molar-refractivity contribution in [2.75, 3.05) is 19.7 Å². The standard InChI is InChI=1S/C16H16Cl2N2O2S/c1-2-22-19-16(12-8-11(17)3-4-13(12)18)20-6-5-14-10(9-20)7-15(21)23-14/h3-4,7-8,14H,2,5-6,9H2,1H3/b19-16+. The summed E-state index contributed by atoms with van der Waals surface area (Å²) >= 11 is 13.8. The fourth-order valence-corrected chi connectivity index (χ4v) is 4.10. The Morgan fingerprint density at radius 1 is 1.48 bits per heavy atom. The number of piperidine rings is 1. The van der Waals surface area contributed by atoms with Crippen molar-refractivity contribution in [2.24, 2.45) is 5.16 Å². The van der Waals surface area contributed by atoms with Gasteiger partial charge in [0.1, 0.15) is 6.61 Å². The number of carbonyl (C=O) groups excluding carboxylic acids is 1. The lowest BCUT2D eigenvalue weighted by Gasteiger charge is -2.33. The largest absolute Gasteiger partial charge is 0.394 e. The molecule has 0 N–H and O–H groups in total. The van der Waals surface area contributed by atoms with Crippen molar-refractivity contribution < 1.29 is 9.63 Å². The molecule has 0 aromatic heterocycles. The molecule has 1 atom stereocenters. The molecule has 1 aromatic rings. The summed E-state index contributed by atoms with van der Waals surface area (Å²) in [5.41, 5.74) is 1.87. The predicted octanol–water partition coefficient (Wildman–Crippen LogP) is 3.97. The minimum Gasteiger partial charge on any atom is -0.394 e. The van der Waals surface area contributed by atoms with Crippen LogP contribution in [0, 0.1) is 0 Å². The van der Waals surface area contributed by atoms with E-state index < -0.39 is 0 Å². The van der Waals surface area contributed by atoms with E-state index >= 15 is 0 Å². The van der Waals surface area contributed by atoms with Crippen LogP contribution in [-0.2, 0) is 9.63 Å². The Bertz CT molecular complexity index is 691. The van der Waals surface area contributed by atoms with E-state index in [9.17, 15) is 4.79 Å². The van der Waals surface area contributed by atoms with Crippen molar-refractivity contribution in [1.82, 2.24) is 4.90 Å². The molecule has 1 saturated heterocycles. The molecule has 4 nitrogen and oxygen atoms in total. The van der Waals surface area contributed by atoms with Crippen molar-refractivity contribution in [3.63, 3.8) is 0 Å². The number of hydrogen-bond acceptors (Lipinski definition) is 4. The molecule has 0 amide bonds. The second-order valence-electron chi connectivity index (χ2n) is 5.31. The van der Waals surface area contributed by atoms with Gasteiger partial charge in [-0.25, -0.2) is 0 Å². The van der Waals surface area contributed by atoms with Crippen molar-refractivity contribution in [2.45, 2.75) is 18.6 Å². The van der Waals surface area contributed by atoms with Crippen molar-refractivity contribution in [3.8, 4) is 0 Å². The van der Waals surface area contributed by atoms with Gasteiger partial charge in [-0.3, -0.25) is 4.79 Å². The van der Waals surface area contributed by atoms with Gasteiger partial charge in [-0.05, 0) is 43.2 Å². The number of likely N-dealkylation sites (tertiary alicyclic amines) is 1. The Hall–Kier alpha value is -1.17. The first-order chi connectivity index (χ1) is 11.1. The van der Waals surface area contributed by atoms with E-state index in [1.807, 2.05) is 6.92 Å². The quantitative estimate of drug-likeness (QED) is 0.458. The summed E-state index contributed by atoms with van der Waals surface area (Å²) in [5.74, 6) is 0.656. The highest BCUT2D eigenvalue weighted by Crippen LogP contribution is 2.35. The van der Waals surface area contributed by atoms with Gasteiger partial charge >= 0.3 is 0 Å². The zero-order valence-electron chi connectivity index (χ0n) is 12.6. The maximum absolute atomic E-state index is 11.6. The fraction of sp³-hybridized carbons (Fsp3) is 0.375. The number of thioether (sulfide) groups is 1. The molecule has 23 heavy (non-hydrogen) atoms. The number of fused-ring (bicyclic) bond motifs is 1. The monoisotopic (exact) mass is 370 g/mol. The first-order valence-corrected chi connectivity index (χ1v) is 9.03. The molecule has 2 aliphatic heterocycles. The number of nitrogens with zero attached hydrogens (tertiary/aromatic N) is 2. The molecule has 0 bridgehead atoms. The van der Waals surface area contributed by atoms with Gasteiger partial charge in [0.05, 0.1) is 5.02 Å². The van der Waals surface area contributed by atoms with E-state index in [1.165, 1.54) is 11.8 Å². The van der Waals surface area contributed by atoms with Gasteiger partial charge in [0.2, 0.25) is 5.12 Å². The van der Waals surface area contributed by atoms with Gasteiger partial charge in [-0.2, -0.15) is 0 Å². The summed E-state index contributed by atoms with van der Waals surface area (Å²) in [6.45, 7) is 3.78. The van der Waals surface area contributed by atoms with Crippen molar-refractivity contribution >= 4 is 45.9 Å². The molecule has 3 rings (SSSR count). The van der Waals surface area contributed by atoms with Crippen LogP contribution in [-0.4, -0.2) is 40.8 Å². The summed E-state index contributed by atoms with van der Waals surface area (Å²) in [4.78, 5) is 19.0. The summed E-state index contributed by atoms with van der Waals surface area (Å²) < 4.78 is 0. The zero-order valence-corrected chi connectivity index (χ0v) is 14.9. The molecule has 0 saturated carbocycles. The molecular weight excluding hydrogens is 355 g/mol. The van der Waals surface area contributed by atoms with E-state index in [2.05, 4.69) is 10.1 Å². The zero-order chi connectivity index (χ0) is 16.4. The molecule has 0 radical (unpaired) electrons. The molecule has 7 heteroatoms. The number of rotatable bonds is 3. The van der Waals surface area contributed by atoms with Crippen LogP contribution in [0.2, 0.25) is 10.0 Å². The average molecular weight is 371 g/mol. The minimum absolute atomic E-state index is 0.135. The Morgan fingerprint density at radius 3 is 3.09 bits per heavy atom. The Balaban J connectivity index is 1.92. The lowest BCUT2D eigenvalue weighted by Crippen LogP contribution is -2.40. The first-order valence-electron chi connectivity index (χ1n) is 7.40. The number of benzene rings is 1. The summed E-state index contributed by atoms with van der Waals surface area (Å²) in [6, 6.07) is 5.28. The third kappa shape index (κ3) is 3.67. The number of oxime groups is 1. The maximum atomic E-state index is 11.6. The van der Waals surface area contributed by atoms with Crippen LogP contribution in [0.25, 0.3) is 0 Å². The predicted molar refractivity (Wildman–Crippen MR) is 95.3 cm³/mol. The molecular formula is C16H16Cl2N2O2S. The number of halogens is 2. The lowest BCUT2D eigenvalue weighted by atomic mass is 10.0. The van der Waals surface area contributed by atoms with E-state index in [0.29, 0.717) is 34.3 Å². The van der Waals surface area contributed by atoms with Crippen LogP contribution in [0.4, 0.5) is 0 Å². The van der Waals surface area contributed by atoms with Crippen LogP contribution in [0.3, 0.4) is 0 Å². The van der Waals surface area contributed by atoms with Gasteiger partial charge in [0.15, 0.2) is 5.84 Å². The van der Waals surface area contributed by atoms with E-state index in [1.54, 1.807) is 24.3 Å². The van der Waals surface area contributed by atoms with Gasteiger partial charge in [0.25, 0.3) is 0 Å². The Kier molecular flexibility index (Phi) is 5.19. The van der Waals surface area contributed by atoms with Crippen LogP contribution >= 0.6 is 35.0 Å². The van der Waals surface area contributed by atoms with Gasteiger partial charge in [0, 0.05) is 28.9 Å². The van der Waals surface area contributed by atoms with E-state index in [4.69, 9.17) is 28.0 Å². The Labute approximate surface area is 149 Å².